The van der Waals surface area contributed by atoms with Gasteiger partial charge in [0.05, 0.1) is 5.75 Å². The summed E-state index contributed by atoms with van der Waals surface area (Å²) < 4.78 is 25.1. The van der Waals surface area contributed by atoms with Crippen LogP contribution in [0.3, 0.4) is 0 Å². The van der Waals surface area contributed by atoms with Gasteiger partial charge in [-0.3, -0.25) is 0 Å². The molecule has 5 heteroatoms. The van der Waals surface area contributed by atoms with Crippen molar-refractivity contribution in [2.24, 2.45) is 0 Å². The van der Waals surface area contributed by atoms with E-state index in [1.54, 1.807) is 4.31 Å². The summed E-state index contributed by atoms with van der Waals surface area (Å²) in [5.41, 5.74) is 0. The highest BCUT2D eigenvalue weighted by Gasteiger charge is 2.33. The van der Waals surface area contributed by atoms with Gasteiger partial charge in [0.25, 0.3) is 0 Å². The second kappa shape index (κ2) is 3.55. The Morgan fingerprint density at radius 2 is 2.00 bits per heavy atom. The molecule has 1 N–H and O–H groups in total. The zero-order chi connectivity index (χ0) is 9.31. The Morgan fingerprint density at radius 1 is 1.23 bits per heavy atom. The van der Waals surface area contributed by atoms with Gasteiger partial charge in [-0.1, -0.05) is 6.42 Å². The van der Waals surface area contributed by atoms with Gasteiger partial charge in [0, 0.05) is 25.7 Å². The summed E-state index contributed by atoms with van der Waals surface area (Å²) in [4.78, 5) is 0. The minimum absolute atomic E-state index is 0.267. The highest BCUT2D eigenvalue weighted by Crippen LogP contribution is 2.27. The van der Waals surface area contributed by atoms with Gasteiger partial charge in [0.2, 0.25) is 10.0 Å². The number of rotatable bonds is 1. The van der Waals surface area contributed by atoms with Crippen molar-refractivity contribution in [2.45, 2.75) is 25.3 Å². The second-order valence-corrected chi connectivity index (χ2v) is 5.80. The first-order valence-electron chi connectivity index (χ1n) is 4.90. The summed E-state index contributed by atoms with van der Waals surface area (Å²) in [6, 6.07) is 0.310. The van der Waals surface area contributed by atoms with Crippen molar-refractivity contribution in [3.05, 3.63) is 0 Å². The topological polar surface area (TPSA) is 49.4 Å². The van der Waals surface area contributed by atoms with E-state index in [9.17, 15) is 8.42 Å². The summed E-state index contributed by atoms with van der Waals surface area (Å²) in [6.45, 7) is 2.06. The van der Waals surface area contributed by atoms with Crippen molar-refractivity contribution in [3.8, 4) is 0 Å². The standard InChI is InChI=1S/C8H16N2O2S/c11-13(12)7-5-9-4-6-10(13)8-2-1-3-8/h8-9H,1-7H2. The van der Waals surface area contributed by atoms with Gasteiger partial charge in [-0.15, -0.1) is 0 Å². The van der Waals surface area contributed by atoms with Crippen LogP contribution in [0.2, 0.25) is 0 Å². The molecule has 0 aromatic heterocycles. The predicted octanol–water partition coefficient (Wildman–Crippen LogP) is -0.226. The van der Waals surface area contributed by atoms with Crippen LogP contribution >= 0.6 is 0 Å². The van der Waals surface area contributed by atoms with Gasteiger partial charge in [-0.2, -0.15) is 4.31 Å². The molecular formula is C8H16N2O2S. The maximum absolute atomic E-state index is 11.7. The van der Waals surface area contributed by atoms with Crippen molar-refractivity contribution in [2.75, 3.05) is 25.4 Å². The van der Waals surface area contributed by atoms with E-state index in [1.807, 2.05) is 0 Å². The van der Waals surface area contributed by atoms with Crippen LogP contribution in [0.25, 0.3) is 0 Å². The van der Waals surface area contributed by atoms with E-state index in [0.29, 0.717) is 19.1 Å². The lowest BCUT2D eigenvalue weighted by Crippen LogP contribution is -2.45. The Kier molecular flexibility index (Phi) is 2.58. The Hall–Kier alpha value is -0.130. The third-order valence-electron chi connectivity index (χ3n) is 2.89. The molecule has 2 rings (SSSR count). The molecule has 0 radical (unpaired) electrons. The highest BCUT2D eigenvalue weighted by atomic mass is 32.2. The quantitative estimate of drug-likeness (QED) is 0.642. The molecule has 0 aromatic rings. The molecule has 1 saturated carbocycles. The van der Waals surface area contributed by atoms with E-state index in [1.165, 1.54) is 6.42 Å². The summed E-state index contributed by atoms with van der Waals surface area (Å²) in [6.07, 6.45) is 3.29. The van der Waals surface area contributed by atoms with Gasteiger partial charge >= 0.3 is 0 Å². The molecule has 1 heterocycles. The van der Waals surface area contributed by atoms with Gasteiger partial charge < -0.3 is 5.32 Å². The lowest BCUT2D eigenvalue weighted by atomic mass is 9.93. The summed E-state index contributed by atoms with van der Waals surface area (Å²) in [7, 11) is -2.95. The third-order valence-corrected chi connectivity index (χ3v) is 4.80. The lowest BCUT2D eigenvalue weighted by molar-refractivity contribution is 0.223. The van der Waals surface area contributed by atoms with Crippen molar-refractivity contribution in [3.63, 3.8) is 0 Å². The zero-order valence-corrected chi connectivity index (χ0v) is 8.52. The predicted molar refractivity (Wildman–Crippen MR) is 51.0 cm³/mol. The number of nitrogens with one attached hydrogen (secondary N) is 1. The Bertz CT molecular complexity index is 272. The first-order valence-corrected chi connectivity index (χ1v) is 6.51. The lowest BCUT2D eigenvalue weighted by Gasteiger charge is -2.35. The maximum Gasteiger partial charge on any atom is 0.215 e. The summed E-state index contributed by atoms with van der Waals surface area (Å²) in [5, 5.41) is 3.12. The van der Waals surface area contributed by atoms with Crippen LogP contribution in [0, 0.1) is 0 Å². The SMILES string of the molecule is O=S1(=O)CCNCCN1C1CCC1. The van der Waals surface area contributed by atoms with E-state index < -0.39 is 10.0 Å². The number of sulfonamides is 1. The van der Waals surface area contributed by atoms with E-state index in [2.05, 4.69) is 5.32 Å². The first-order chi connectivity index (χ1) is 6.20. The Labute approximate surface area is 79.4 Å². The molecule has 0 amide bonds. The monoisotopic (exact) mass is 204 g/mol. The van der Waals surface area contributed by atoms with Gasteiger partial charge in [0.1, 0.15) is 0 Å². The molecule has 1 saturated heterocycles. The molecule has 76 valence electrons. The summed E-state index contributed by atoms with van der Waals surface area (Å²) in [5.74, 6) is 0.267. The maximum atomic E-state index is 11.7. The molecule has 2 fully saturated rings. The van der Waals surface area contributed by atoms with Crippen molar-refractivity contribution in [1.82, 2.24) is 9.62 Å². The van der Waals surface area contributed by atoms with Crippen LogP contribution in [0.4, 0.5) is 0 Å². The summed E-state index contributed by atoms with van der Waals surface area (Å²) >= 11 is 0. The number of hydrogen-bond acceptors (Lipinski definition) is 3. The minimum atomic E-state index is -2.95. The molecule has 0 unspecified atom stereocenters. The average Bonchev–Trinajstić information content (AvgIpc) is 2.11. The molecule has 2 aliphatic rings. The molecule has 1 aliphatic heterocycles. The van der Waals surface area contributed by atoms with Crippen LogP contribution in [-0.4, -0.2) is 44.2 Å². The smallest absolute Gasteiger partial charge is 0.215 e. The first kappa shape index (κ1) is 9.43. The van der Waals surface area contributed by atoms with Crippen molar-refractivity contribution < 1.29 is 8.42 Å². The van der Waals surface area contributed by atoms with Crippen LogP contribution in [0.1, 0.15) is 19.3 Å². The second-order valence-electron chi connectivity index (χ2n) is 3.76. The van der Waals surface area contributed by atoms with Gasteiger partial charge in [-0.25, -0.2) is 8.42 Å². The van der Waals surface area contributed by atoms with E-state index in [0.717, 1.165) is 19.4 Å². The van der Waals surface area contributed by atoms with E-state index in [4.69, 9.17) is 0 Å². The third kappa shape index (κ3) is 1.87. The molecule has 4 nitrogen and oxygen atoms in total. The van der Waals surface area contributed by atoms with Gasteiger partial charge in [-0.05, 0) is 12.8 Å². The van der Waals surface area contributed by atoms with Crippen LogP contribution in [0.5, 0.6) is 0 Å². The van der Waals surface area contributed by atoms with Crippen molar-refractivity contribution in [1.29, 1.82) is 0 Å². The van der Waals surface area contributed by atoms with Gasteiger partial charge in [0.15, 0.2) is 0 Å². The van der Waals surface area contributed by atoms with Crippen LogP contribution < -0.4 is 5.32 Å². The highest BCUT2D eigenvalue weighted by molar-refractivity contribution is 7.89. The Balaban J connectivity index is 2.11. The molecule has 0 spiro atoms. The molecule has 0 bridgehead atoms. The van der Waals surface area contributed by atoms with E-state index >= 15 is 0 Å². The van der Waals surface area contributed by atoms with E-state index in [-0.39, 0.29) is 5.75 Å². The van der Waals surface area contributed by atoms with Crippen LogP contribution in [-0.2, 0) is 10.0 Å². The fourth-order valence-corrected chi connectivity index (χ4v) is 3.53. The molecule has 0 aromatic carbocycles. The molecule has 13 heavy (non-hydrogen) atoms. The minimum Gasteiger partial charge on any atom is -0.314 e. The fraction of sp³-hybridized carbons (Fsp3) is 1.00. The average molecular weight is 204 g/mol. The fourth-order valence-electron chi connectivity index (χ4n) is 1.86. The number of hydrogen-bond donors (Lipinski definition) is 1. The molecule has 1 aliphatic carbocycles. The van der Waals surface area contributed by atoms with Crippen molar-refractivity contribution >= 4 is 10.0 Å². The number of nitrogens with zero attached hydrogens (tertiary/aromatic N) is 1. The normalized spacial score (nSPS) is 30.8. The Morgan fingerprint density at radius 3 is 2.62 bits per heavy atom. The largest absolute Gasteiger partial charge is 0.314 e. The molecule has 0 atom stereocenters. The van der Waals surface area contributed by atoms with Crippen LogP contribution in [0.15, 0.2) is 0 Å². The molecular weight excluding hydrogens is 188 g/mol. The zero-order valence-electron chi connectivity index (χ0n) is 7.70.